The van der Waals surface area contributed by atoms with Crippen molar-refractivity contribution < 1.29 is 19.4 Å². The van der Waals surface area contributed by atoms with Crippen molar-refractivity contribution in [2.45, 2.75) is 18.8 Å². The molecule has 3 rings (SSSR count). The van der Waals surface area contributed by atoms with E-state index < -0.39 is 24.0 Å². The number of benzene rings is 2. The fourth-order valence-electron chi connectivity index (χ4n) is 2.80. The highest BCUT2D eigenvalue weighted by Gasteiger charge is 2.37. The molecule has 2 aromatic rings. The van der Waals surface area contributed by atoms with E-state index in [4.69, 9.17) is 4.74 Å². The molecule has 2 atom stereocenters. The van der Waals surface area contributed by atoms with Crippen LogP contribution in [0.1, 0.15) is 26.3 Å². The minimum atomic E-state index is -1.05. The summed E-state index contributed by atoms with van der Waals surface area (Å²) in [4.78, 5) is 25.8. The standard InChI is InChI=1S/C20H19NO4/c1-2-18(25-13-14-8-4-3-5-9-14)17(22)12-21-19(23)15-10-6-7-11-16(15)20(21)24/h2-11,17-18,22H,1,12-13H2/t17-,18?/m1/s1. The van der Waals surface area contributed by atoms with Crippen LogP contribution in [0, 0.1) is 0 Å². The Morgan fingerprint density at radius 1 is 1.00 bits per heavy atom. The second kappa shape index (κ2) is 7.42. The average Bonchev–Trinajstić information content (AvgIpc) is 2.88. The quantitative estimate of drug-likeness (QED) is 0.622. The Hall–Kier alpha value is -2.76. The Morgan fingerprint density at radius 2 is 1.56 bits per heavy atom. The van der Waals surface area contributed by atoms with Crippen molar-refractivity contribution in [2.24, 2.45) is 0 Å². The van der Waals surface area contributed by atoms with E-state index in [2.05, 4.69) is 6.58 Å². The average molecular weight is 337 g/mol. The fraction of sp³-hybridized carbons (Fsp3) is 0.200. The van der Waals surface area contributed by atoms with Crippen molar-refractivity contribution in [3.63, 3.8) is 0 Å². The number of carbonyl (C=O) groups is 2. The summed E-state index contributed by atoms with van der Waals surface area (Å²) in [5.41, 5.74) is 1.68. The highest BCUT2D eigenvalue weighted by molar-refractivity contribution is 6.21. The van der Waals surface area contributed by atoms with Crippen LogP contribution >= 0.6 is 0 Å². The molecule has 5 nitrogen and oxygen atoms in total. The Balaban J connectivity index is 1.64. The number of carbonyl (C=O) groups excluding carboxylic acids is 2. The summed E-state index contributed by atoms with van der Waals surface area (Å²) >= 11 is 0. The predicted octanol–water partition coefficient (Wildman–Crippen LogP) is 2.41. The van der Waals surface area contributed by atoms with Gasteiger partial charge < -0.3 is 9.84 Å². The summed E-state index contributed by atoms with van der Waals surface area (Å²) in [5.74, 6) is -0.795. The van der Waals surface area contributed by atoms with Crippen LogP contribution in [0.5, 0.6) is 0 Å². The molecule has 2 amide bonds. The normalized spacial score (nSPS) is 15.8. The van der Waals surface area contributed by atoms with Crippen LogP contribution in [-0.4, -0.2) is 40.6 Å². The molecule has 0 radical (unpaired) electrons. The minimum Gasteiger partial charge on any atom is -0.388 e. The number of aliphatic hydroxyl groups is 1. The number of imide groups is 1. The van der Waals surface area contributed by atoms with Gasteiger partial charge in [-0.3, -0.25) is 14.5 Å². The zero-order valence-corrected chi connectivity index (χ0v) is 13.7. The highest BCUT2D eigenvalue weighted by Crippen LogP contribution is 2.23. The number of fused-ring (bicyclic) bond motifs is 1. The van der Waals surface area contributed by atoms with E-state index in [1.54, 1.807) is 24.3 Å². The third kappa shape index (κ3) is 3.52. The van der Waals surface area contributed by atoms with Crippen molar-refractivity contribution in [1.82, 2.24) is 4.90 Å². The first-order chi connectivity index (χ1) is 12.1. The number of hydrogen-bond acceptors (Lipinski definition) is 4. The summed E-state index contributed by atoms with van der Waals surface area (Å²) in [5, 5.41) is 10.4. The molecule has 1 heterocycles. The minimum absolute atomic E-state index is 0.141. The van der Waals surface area contributed by atoms with Gasteiger partial charge in [0, 0.05) is 0 Å². The summed E-state index contributed by atoms with van der Waals surface area (Å²) in [6.45, 7) is 3.83. The van der Waals surface area contributed by atoms with E-state index in [9.17, 15) is 14.7 Å². The first-order valence-electron chi connectivity index (χ1n) is 8.03. The zero-order valence-electron chi connectivity index (χ0n) is 13.7. The lowest BCUT2D eigenvalue weighted by Crippen LogP contribution is -2.42. The summed E-state index contributed by atoms with van der Waals surface area (Å²) in [6, 6.07) is 16.2. The third-order valence-corrected chi connectivity index (χ3v) is 4.14. The monoisotopic (exact) mass is 337 g/mol. The Kier molecular flexibility index (Phi) is 5.07. The van der Waals surface area contributed by atoms with E-state index in [1.165, 1.54) is 6.08 Å². The largest absolute Gasteiger partial charge is 0.388 e. The van der Waals surface area contributed by atoms with Gasteiger partial charge >= 0.3 is 0 Å². The number of hydrogen-bond donors (Lipinski definition) is 1. The van der Waals surface area contributed by atoms with E-state index in [0.29, 0.717) is 17.7 Å². The van der Waals surface area contributed by atoms with E-state index >= 15 is 0 Å². The van der Waals surface area contributed by atoms with E-state index in [0.717, 1.165) is 10.5 Å². The zero-order chi connectivity index (χ0) is 17.8. The predicted molar refractivity (Wildman–Crippen MR) is 93.0 cm³/mol. The smallest absolute Gasteiger partial charge is 0.261 e. The van der Waals surface area contributed by atoms with E-state index in [1.807, 2.05) is 30.3 Å². The lowest BCUT2D eigenvalue weighted by atomic mass is 10.1. The number of β-amino-alcohol motifs (C(OH)–C–C–N with tert-alkyl or cyclic N) is 1. The van der Waals surface area contributed by atoms with Crippen LogP contribution < -0.4 is 0 Å². The molecule has 1 aliphatic heterocycles. The number of rotatable bonds is 7. The van der Waals surface area contributed by atoms with Crippen LogP contribution in [0.4, 0.5) is 0 Å². The van der Waals surface area contributed by atoms with Crippen molar-refractivity contribution in [2.75, 3.05) is 6.54 Å². The number of nitrogens with zero attached hydrogens (tertiary/aromatic N) is 1. The molecule has 1 N–H and O–H groups in total. The Bertz CT molecular complexity index is 752. The maximum Gasteiger partial charge on any atom is 0.261 e. The molecule has 0 saturated heterocycles. The Labute approximate surface area is 146 Å². The van der Waals surface area contributed by atoms with Crippen LogP contribution in [0.2, 0.25) is 0 Å². The molecule has 0 aliphatic carbocycles. The van der Waals surface area contributed by atoms with Crippen LogP contribution in [0.25, 0.3) is 0 Å². The van der Waals surface area contributed by atoms with Crippen molar-refractivity contribution in [3.8, 4) is 0 Å². The van der Waals surface area contributed by atoms with Crippen molar-refractivity contribution in [3.05, 3.63) is 83.9 Å². The van der Waals surface area contributed by atoms with Gasteiger partial charge in [-0.1, -0.05) is 48.5 Å². The highest BCUT2D eigenvalue weighted by atomic mass is 16.5. The molecule has 1 unspecified atom stereocenters. The van der Waals surface area contributed by atoms with Crippen molar-refractivity contribution >= 4 is 11.8 Å². The first-order valence-corrected chi connectivity index (χ1v) is 8.03. The molecular weight excluding hydrogens is 318 g/mol. The number of amides is 2. The summed E-state index contributed by atoms with van der Waals surface area (Å²) in [7, 11) is 0. The molecule has 128 valence electrons. The first kappa shape index (κ1) is 17.1. The van der Waals surface area contributed by atoms with E-state index in [-0.39, 0.29) is 6.54 Å². The number of ether oxygens (including phenoxy) is 1. The molecule has 1 aliphatic rings. The number of aliphatic hydroxyl groups excluding tert-OH is 1. The maximum atomic E-state index is 12.4. The lowest BCUT2D eigenvalue weighted by Gasteiger charge is -2.24. The molecule has 0 aromatic heterocycles. The van der Waals surface area contributed by atoms with Gasteiger partial charge in [0.1, 0.15) is 12.2 Å². The van der Waals surface area contributed by atoms with Crippen molar-refractivity contribution in [1.29, 1.82) is 0 Å². The van der Waals surface area contributed by atoms with Gasteiger partial charge in [0.2, 0.25) is 0 Å². The third-order valence-electron chi connectivity index (χ3n) is 4.14. The summed E-state index contributed by atoms with van der Waals surface area (Å²) < 4.78 is 5.68. The van der Waals surface area contributed by atoms with Gasteiger partial charge in [-0.05, 0) is 17.7 Å². The molecule has 2 aromatic carbocycles. The molecule has 25 heavy (non-hydrogen) atoms. The Morgan fingerprint density at radius 3 is 2.12 bits per heavy atom. The fourth-order valence-corrected chi connectivity index (χ4v) is 2.80. The molecule has 0 bridgehead atoms. The van der Waals surface area contributed by atoms with Gasteiger partial charge in [0.05, 0.1) is 24.3 Å². The van der Waals surface area contributed by atoms with Gasteiger partial charge in [-0.15, -0.1) is 6.58 Å². The van der Waals surface area contributed by atoms with Crippen LogP contribution in [0.15, 0.2) is 67.3 Å². The van der Waals surface area contributed by atoms with Crippen LogP contribution in [-0.2, 0) is 11.3 Å². The molecular formula is C20H19NO4. The van der Waals surface area contributed by atoms with Gasteiger partial charge in [0.25, 0.3) is 11.8 Å². The molecule has 0 saturated carbocycles. The molecule has 5 heteroatoms. The maximum absolute atomic E-state index is 12.4. The molecule has 0 spiro atoms. The van der Waals surface area contributed by atoms with Crippen LogP contribution in [0.3, 0.4) is 0 Å². The second-order valence-corrected chi connectivity index (χ2v) is 5.83. The molecule has 0 fully saturated rings. The van der Waals surface area contributed by atoms with Gasteiger partial charge in [-0.2, -0.15) is 0 Å². The topological polar surface area (TPSA) is 66.8 Å². The van der Waals surface area contributed by atoms with Gasteiger partial charge in [-0.25, -0.2) is 0 Å². The van der Waals surface area contributed by atoms with Gasteiger partial charge in [0.15, 0.2) is 0 Å². The SMILES string of the molecule is C=CC(OCc1ccccc1)[C@H](O)CN1C(=O)c2ccccc2C1=O. The second-order valence-electron chi connectivity index (χ2n) is 5.83. The lowest BCUT2D eigenvalue weighted by molar-refractivity contribution is -0.0269. The summed E-state index contributed by atoms with van der Waals surface area (Å²) in [6.07, 6.45) is -0.265.